The van der Waals surface area contributed by atoms with Gasteiger partial charge in [-0.3, -0.25) is 19.2 Å². The fourth-order valence-electron chi connectivity index (χ4n) is 6.66. The molecule has 14 nitrogen and oxygen atoms in total. The molecule has 0 aliphatic carbocycles. The van der Waals surface area contributed by atoms with Gasteiger partial charge in [-0.15, -0.1) is 27.8 Å². The molecule has 1 atom stereocenters. The predicted molar refractivity (Wildman–Crippen MR) is 234 cm³/mol. The zero-order valence-corrected chi connectivity index (χ0v) is 37.3. The number of thiophene rings is 2. The van der Waals surface area contributed by atoms with E-state index in [1.54, 1.807) is 39.2 Å². The van der Waals surface area contributed by atoms with Gasteiger partial charge >= 0.3 is 11.9 Å². The number of carbonyl (C=O) groups is 4. The number of aromatic nitrogens is 3. The van der Waals surface area contributed by atoms with Crippen LogP contribution in [0, 0.1) is 19.8 Å². The van der Waals surface area contributed by atoms with Crippen molar-refractivity contribution in [2.75, 3.05) is 83.8 Å². The van der Waals surface area contributed by atoms with Crippen molar-refractivity contribution >= 4 is 63.8 Å². The highest BCUT2D eigenvalue weighted by atomic mass is 32.2. The molecule has 1 aliphatic heterocycles. The Morgan fingerprint density at radius 3 is 2.41 bits per heavy atom. The summed E-state index contributed by atoms with van der Waals surface area (Å²) in [6.45, 7) is 12.4. The summed E-state index contributed by atoms with van der Waals surface area (Å²) in [5.41, 5.74) is 4.74. The van der Waals surface area contributed by atoms with E-state index in [2.05, 4.69) is 63.3 Å². The molecule has 4 rings (SSSR count). The van der Waals surface area contributed by atoms with Crippen molar-refractivity contribution in [3.05, 3.63) is 61.7 Å². The highest BCUT2D eigenvalue weighted by Crippen LogP contribution is 2.35. The highest BCUT2D eigenvalue weighted by molar-refractivity contribution is 7.99. The topological polar surface area (TPSA) is 165 Å². The average Bonchev–Trinajstić information content (AvgIpc) is 3.99. The molecule has 0 saturated carbocycles. The molecule has 2 amide bonds. The van der Waals surface area contributed by atoms with E-state index in [1.165, 1.54) is 38.2 Å². The van der Waals surface area contributed by atoms with Gasteiger partial charge in [-0.25, -0.2) is 4.68 Å². The Kier molecular flexibility index (Phi) is 22.2. The van der Waals surface area contributed by atoms with Gasteiger partial charge in [0.05, 0.1) is 51.0 Å². The van der Waals surface area contributed by atoms with Crippen LogP contribution < -0.4 is 5.32 Å². The number of hydrogen-bond acceptors (Lipinski definition) is 13. The Hall–Kier alpha value is -3.61. The van der Waals surface area contributed by atoms with E-state index in [0.29, 0.717) is 89.8 Å². The fraction of sp³-hybridized carbons (Fsp3) is 0.619. The van der Waals surface area contributed by atoms with Gasteiger partial charge in [0.15, 0.2) is 0 Å². The number of nitrogens with one attached hydrogen (secondary N) is 1. The summed E-state index contributed by atoms with van der Waals surface area (Å²) in [4.78, 5) is 54.9. The molecule has 326 valence electrons. The molecule has 0 unspecified atom stereocenters. The van der Waals surface area contributed by atoms with Gasteiger partial charge in [0.2, 0.25) is 11.8 Å². The molecule has 0 bridgehead atoms. The first-order valence-corrected chi connectivity index (χ1v) is 23.6. The molecule has 1 saturated heterocycles. The summed E-state index contributed by atoms with van der Waals surface area (Å²) in [6.07, 6.45) is 9.05. The number of hydrogen-bond donors (Lipinski definition) is 2. The van der Waals surface area contributed by atoms with Crippen LogP contribution in [0.3, 0.4) is 0 Å². The lowest BCUT2D eigenvalue weighted by molar-refractivity contribution is -0.152. The maximum absolute atomic E-state index is 12.9. The molecule has 4 heterocycles. The molecule has 1 aliphatic rings. The van der Waals surface area contributed by atoms with Crippen molar-refractivity contribution in [1.82, 2.24) is 30.1 Å². The molecule has 0 aromatic carbocycles. The number of piperidine rings is 1. The molecule has 0 radical (unpaired) electrons. The number of esters is 1. The number of aryl methyl sites for hydroxylation is 3. The van der Waals surface area contributed by atoms with Crippen molar-refractivity contribution in [3.63, 3.8) is 0 Å². The zero-order valence-electron chi connectivity index (χ0n) is 34.9. The minimum Gasteiger partial charge on any atom is -0.481 e. The molecular formula is C42H62N6O8S3. The minimum absolute atomic E-state index is 0.00990. The predicted octanol–water partition coefficient (Wildman–Crippen LogP) is 5.71. The third-order valence-corrected chi connectivity index (χ3v) is 13.0. The third-order valence-electron chi connectivity index (χ3n) is 9.90. The van der Waals surface area contributed by atoms with Gasteiger partial charge in [0.1, 0.15) is 6.61 Å². The van der Waals surface area contributed by atoms with Gasteiger partial charge < -0.3 is 34.4 Å². The van der Waals surface area contributed by atoms with Crippen LogP contribution in [0.2, 0.25) is 0 Å². The standard InChI is InChI=1S/C42H62N6O8S3/c1-4-38(50)47(20-29-57-26-14-39(51)52)18-15-43-37(49)11-5-9-35-31-48(45-44-35)19-21-54-22-23-55-24-25-56-42(53)34-8-6-16-46(30-34)17-7-10-36(40-32(2)12-27-58-40)41-33(3)13-28-59-41/h10,12-13,27-28,31,34H,4-9,11,14-26,29-30H2,1-3H3,(H,43,49)(H,51,52)/t34-/m1/s1. The lowest BCUT2D eigenvalue weighted by atomic mass is 9.98. The number of amides is 2. The monoisotopic (exact) mass is 874 g/mol. The van der Waals surface area contributed by atoms with E-state index >= 15 is 0 Å². The molecule has 17 heteroatoms. The molecule has 0 spiro atoms. The van der Waals surface area contributed by atoms with Gasteiger partial charge in [-0.05, 0) is 86.5 Å². The summed E-state index contributed by atoms with van der Waals surface area (Å²) < 4.78 is 18.6. The molecule has 3 aromatic rings. The maximum atomic E-state index is 12.9. The second-order valence-corrected chi connectivity index (χ2v) is 17.5. The number of likely N-dealkylation sites (tertiary alicyclic amines) is 1. The Balaban J connectivity index is 0.996. The van der Waals surface area contributed by atoms with Crippen LogP contribution in [-0.4, -0.2) is 137 Å². The van der Waals surface area contributed by atoms with E-state index in [4.69, 9.17) is 19.3 Å². The number of ether oxygens (including phenoxy) is 3. The number of carboxylic acids is 1. The molecular weight excluding hydrogens is 813 g/mol. The van der Waals surface area contributed by atoms with Crippen molar-refractivity contribution < 1.29 is 38.5 Å². The normalized spacial score (nSPS) is 14.3. The van der Waals surface area contributed by atoms with Crippen LogP contribution in [0.1, 0.15) is 78.4 Å². The van der Waals surface area contributed by atoms with Crippen LogP contribution in [0.5, 0.6) is 0 Å². The number of aliphatic carboxylic acids is 1. The third kappa shape index (κ3) is 17.9. The smallest absolute Gasteiger partial charge is 0.310 e. The molecule has 3 aromatic heterocycles. The van der Waals surface area contributed by atoms with Crippen LogP contribution in [0.25, 0.3) is 5.57 Å². The lowest BCUT2D eigenvalue weighted by Crippen LogP contribution is -2.40. The van der Waals surface area contributed by atoms with Gasteiger partial charge in [0.25, 0.3) is 0 Å². The van der Waals surface area contributed by atoms with Crippen LogP contribution in [0.4, 0.5) is 0 Å². The van der Waals surface area contributed by atoms with Gasteiger partial charge in [0, 0.05) is 78.6 Å². The molecule has 2 N–H and O–H groups in total. The second-order valence-electron chi connectivity index (χ2n) is 14.5. The zero-order chi connectivity index (χ0) is 42.2. The van der Waals surface area contributed by atoms with Crippen LogP contribution in [0.15, 0.2) is 35.2 Å². The van der Waals surface area contributed by atoms with E-state index in [9.17, 15) is 19.2 Å². The van der Waals surface area contributed by atoms with Crippen LogP contribution >= 0.6 is 34.4 Å². The van der Waals surface area contributed by atoms with Crippen molar-refractivity contribution in [2.45, 2.75) is 78.7 Å². The number of thioether (sulfide) groups is 1. The summed E-state index contributed by atoms with van der Waals surface area (Å²) in [5.74, 6) is 0.00374. The first kappa shape index (κ1) is 48.1. The van der Waals surface area contributed by atoms with E-state index < -0.39 is 5.97 Å². The van der Waals surface area contributed by atoms with E-state index in [0.717, 1.165) is 44.6 Å². The fourth-order valence-corrected chi connectivity index (χ4v) is 9.55. The van der Waals surface area contributed by atoms with Crippen molar-refractivity contribution in [2.24, 2.45) is 5.92 Å². The molecule has 1 fully saturated rings. The summed E-state index contributed by atoms with van der Waals surface area (Å²) >= 11 is 5.10. The Bertz CT molecular complexity index is 1720. The quantitative estimate of drug-likeness (QED) is 0.0646. The SMILES string of the molecule is CCC(=O)N(CCNC(=O)CCCc1cn(CCOCCOCCOC(=O)[C@@H]2CCCN(CCC=C(c3sccc3C)c3sccc3C)C2)nn1)CCSCCC(=O)O. The summed E-state index contributed by atoms with van der Waals surface area (Å²) in [6, 6.07) is 4.37. The minimum atomic E-state index is -0.829. The van der Waals surface area contributed by atoms with Gasteiger partial charge in [-0.2, -0.15) is 11.8 Å². The highest BCUT2D eigenvalue weighted by Gasteiger charge is 2.27. The van der Waals surface area contributed by atoms with Crippen molar-refractivity contribution in [3.8, 4) is 0 Å². The number of nitrogens with zero attached hydrogens (tertiary/aromatic N) is 5. The Morgan fingerprint density at radius 1 is 0.983 bits per heavy atom. The molecule has 59 heavy (non-hydrogen) atoms. The average molecular weight is 875 g/mol. The Labute approximate surface area is 361 Å². The van der Waals surface area contributed by atoms with E-state index in [1.807, 2.05) is 6.20 Å². The summed E-state index contributed by atoms with van der Waals surface area (Å²) in [5, 5.41) is 24.3. The first-order valence-electron chi connectivity index (χ1n) is 20.7. The maximum Gasteiger partial charge on any atom is 0.310 e. The lowest BCUT2D eigenvalue weighted by Gasteiger charge is -2.31. The Morgan fingerprint density at radius 2 is 1.71 bits per heavy atom. The van der Waals surface area contributed by atoms with Crippen LogP contribution in [-0.2, 0) is 46.4 Å². The first-order chi connectivity index (χ1) is 28.6. The summed E-state index contributed by atoms with van der Waals surface area (Å²) in [7, 11) is 0. The van der Waals surface area contributed by atoms with E-state index in [-0.39, 0.29) is 36.7 Å². The van der Waals surface area contributed by atoms with Crippen molar-refractivity contribution in [1.29, 1.82) is 0 Å². The number of carboxylic acid groups (broad SMARTS) is 1. The number of rotatable bonds is 29. The number of carbonyl (C=O) groups excluding carboxylic acids is 3. The largest absolute Gasteiger partial charge is 0.481 e. The second kappa shape index (κ2) is 27.3. The van der Waals surface area contributed by atoms with Gasteiger partial charge in [-0.1, -0.05) is 18.2 Å².